The van der Waals surface area contributed by atoms with Crippen LogP contribution in [0.3, 0.4) is 0 Å². The van der Waals surface area contributed by atoms with Crippen LogP contribution in [0.4, 0.5) is 0 Å². The standard InChI is InChI=1S/C39H51.C22H19.C2H6Si.2ClH.Zr/c1-24-32(36(3,4)5)20-28(21-33(24)37(6,7)8)27-18-26-16-15-17-30(31(26)19-27)29-22-34(38(9,10)11)25(2)35(23-29)39(12,13)14;1-15(2)18-13-17-9-6-12-21(22(17)14-18)20-11-5-8-16-7-3-4-10-19(16)20;1-3-2;;;/h15-23H,1-14H3;3-15H,1-2H3;1-2H3;2*1H;/q2*-1;;;;+4/p-2. The van der Waals surface area contributed by atoms with E-state index in [9.17, 15) is 0 Å². The van der Waals surface area contributed by atoms with Crippen molar-refractivity contribution in [3.63, 3.8) is 0 Å². The van der Waals surface area contributed by atoms with Crippen LogP contribution >= 0.6 is 17.0 Å². The molecule has 8 aromatic carbocycles. The minimum absolute atomic E-state index is 0.0831. The molecule has 0 amide bonds. The van der Waals surface area contributed by atoms with Crippen molar-refractivity contribution in [2.45, 2.75) is 151 Å². The third kappa shape index (κ3) is 12.8. The Balaban J connectivity index is 0.000000251. The molecule has 0 heterocycles. The Hall–Kier alpha value is -3.52. The Kier molecular flexibility index (Phi) is 17.9. The SMILES string of the molecule is CC(C)c1cc2c(-c3cccc4ccccc34)cccc2[cH-]1.C[Si]C.Cc1c(C(C)(C)C)cc(-c2cc3cccc(-c4cc(C(C)(C)C)c(C)c(C(C)(C)C)c4)c3[cH-]2)cc1C(C)(C)C.[Cl][Zr+2][Cl]. The predicted molar refractivity (Wildman–Crippen MR) is 300 cm³/mol. The Bertz CT molecular complexity index is 2850. The average Bonchev–Trinajstić information content (AvgIpc) is 3.89. The van der Waals surface area contributed by atoms with Crippen molar-refractivity contribution in [1.29, 1.82) is 0 Å². The average molecular weight is 1020 g/mol. The molecule has 2 radical (unpaired) electrons. The van der Waals surface area contributed by atoms with Crippen LogP contribution < -0.4 is 0 Å². The van der Waals surface area contributed by atoms with E-state index in [2.05, 4.69) is 251 Å². The predicted octanol–water partition coefficient (Wildman–Crippen LogP) is 20.4. The number of rotatable bonds is 4. The molecule has 0 fully saturated rings. The van der Waals surface area contributed by atoms with E-state index in [-0.39, 0.29) is 21.7 Å². The van der Waals surface area contributed by atoms with Gasteiger partial charge in [0.1, 0.15) is 0 Å². The summed E-state index contributed by atoms with van der Waals surface area (Å²) < 4.78 is 0. The number of benzene rings is 6. The van der Waals surface area contributed by atoms with Crippen molar-refractivity contribution in [1.82, 2.24) is 0 Å². The second-order valence-corrected chi connectivity index (χ2v) is 27.5. The second kappa shape index (κ2) is 22.1. The van der Waals surface area contributed by atoms with E-state index in [0.29, 0.717) is 5.92 Å². The van der Waals surface area contributed by atoms with Gasteiger partial charge in [0.15, 0.2) is 0 Å². The monoisotopic (exact) mass is 1020 g/mol. The number of fused-ring (bicyclic) bond motifs is 3. The third-order valence-electron chi connectivity index (χ3n) is 13.0. The van der Waals surface area contributed by atoms with E-state index in [1.165, 1.54) is 105 Å². The Morgan fingerprint density at radius 3 is 1.36 bits per heavy atom. The molecule has 4 heteroatoms. The van der Waals surface area contributed by atoms with Gasteiger partial charge in [0, 0.05) is 9.52 Å². The molecule has 0 aromatic heterocycles. The Morgan fingerprint density at radius 1 is 0.478 bits per heavy atom. The molecule has 0 atom stereocenters. The fraction of sp³-hybridized carbons (Fsp3) is 0.365. The van der Waals surface area contributed by atoms with Crippen LogP contribution in [-0.2, 0) is 42.5 Å². The summed E-state index contributed by atoms with van der Waals surface area (Å²) in [5.74, 6) is 0.563. The van der Waals surface area contributed by atoms with E-state index in [4.69, 9.17) is 17.0 Å². The summed E-state index contributed by atoms with van der Waals surface area (Å²) in [4.78, 5) is 0. The van der Waals surface area contributed by atoms with Crippen molar-refractivity contribution in [3.8, 4) is 33.4 Å². The summed E-state index contributed by atoms with van der Waals surface area (Å²) in [6, 6.07) is 48.0. The van der Waals surface area contributed by atoms with E-state index in [0.717, 1.165) is 9.52 Å². The normalized spacial score (nSPS) is 12.0. The first-order chi connectivity index (χ1) is 31.3. The molecule has 0 aliphatic carbocycles. The molecule has 0 spiro atoms. The first kappa shape index (κ1) is 54.4. The van der Waals surface area contributed by atoms with Crippen molar-refractivity contribution >= 4 is 58.9 Å². The van der Waals surface area contributed by atoms with Crippen molar-refractivity contribution in [3.05, 3.63) is 166 Å². The molecule has 0 saturated carbocycles. The number of halogens is 2. The van der Waals surface area contributed by atoms with Gasteiger partial charge in [-0.3, -0.25) is 0 Å². The van der Waals surface area contributed by atoms with E-state index in [1.54, 1.807) is 0 Å². The summed E-state index contributed by atoms with van der Waals surface area (Å²) in [5, 5.41) is 7.98. The van der Waals surface area contributed by atoms with Crippen LogP contribution in [0, 0.1) is 13.8 Å². The van der Waals surface area contributed by atoms with Gasteiger partial charge in [-0.1, -0.05) is 223 Å². The first-order valence-corrected chi connectivity index (χ1v) is 32.3. The van der Waals surface area contributed by atoms with Gasteiger partial charge in [0.2, 0.25) is 0 Å². The van der Waals surface area contributed by atoms with E-state index < -0.39 is 20.8 Å². The fourth-order valence-electron chi connectivity index (χ4n) is 9.81. The van der Waals surface area contributed by atoms with Gasteiger partial charge in [0.25, 0.3) is 0 Å². The van der Waals surface area contributed by atoms with Gasteiger partial charge >= 0.3 is 37.9 Å². The van der Waals surface area contributed by atoms with Crippen LogP contribution in [0.1, 0.15) is 142 Å². The van der Waals surface area contributed by atoms with Crippen LogP contribution in [0.15, 0.2) is 127 Å². The fourth-order valence-corrected chi connectivity index (χ4v) is 9.81. The van der Waals surface area contributed by atoms with E-state index in [1.807, 2.05) is 0 Å². The summed E-state index contributed by atoms with van der Waals surface area (Å²) in [5.41, 5.74) is 18.3. The molecule has 8 rings (SSSR count). The minimum atomic E-state index is -0.826. The molecule has 0 bridgehead atoms. The van der Waals surface area contributed by atoms with Gasteiger partial charge in [-0.05, 0) is 91.1 Å². The molecule has 0 nitrogen and oxygen atoms in total. The molecule has 0 saturated heterocycles. The Labute approximate surface area is 427 Å². The van der Waals surface area contributed by atoms with Crippen LogP contribution in [0.2, 0.25) is 13.1 Å². The van der Waals surface area contributed by atoms with Crippen LogP contribution in [0.5, 0.6) is 0 Å². The summed E-state index contributed by atoms with van der Waals surface area (Å²) in [6.07, 6.45) is 0. The zero-order valence-electron chi connectivity index (χ0n) is 44.0. The van der Waals surface area contributed by atoms with Gasteiger partial charge in [-0.15, -0.1) is 63.0 Å². The third-order valence-corrected chi connectivity index (χ3v) is 13.0. The molecular weight excluding hydrogens is 947 g/mol. The van der Waals surface area contributed by atoms with E-state index >= 15 is 0 Å². The van der Waals surface area contributed by atoms with Gasteiger partial charge in [-0.25, -0.2) is 0 Å². The molecule has 0 aliphatic heterocycles. The number of hydrogen-bond acceptors (Lipinski definition) is 0. The topological polar surface area (TPSA) is 0 Å². The molecule has 0 aliphatic rings. The second-order valence-electron chi connectivity index (χ2n) is 22.8. The van der Waals surface area contributed by atoms with Gasteiger partial charge in [-0.2, -0.15) is 6.07 Å². The van der Waals surface area contributed by atoms with Gasteiger partial charge in [0.05, 0.1) is 0 Å². The molecule has 0 N–H and O–H groups in total. The number of hydrogen-bond donors (Lipinski definition) is 0. The van der Waals surface area contributed by atoms with Gasteiger partial charge < -0.3 is 0 Å². The molecular formula is C63H76Cl2SiZr. The van der Waals surface area contributed by atoms with Crippen molar-refractivity contribution < 1.29 is 20.8 Å². The maximum absolute atomic E-state index is 4.93. The summed E-state index contributed by atoms with van der Waals surface area (Å²) in [6.45, 7) is 41.5. The quantitative estimate of drug-likeness (QED) is 0.122. The molecule has 67 heavy (non-hydrogen) atoms. The Morgan fingerprint density at radius 2 is 0.881 bits per heavy atom. The molecule has 8 aromatic rings. The van der Waals surface area contributed by atoms with Crippen LogP contribution in [0.25, 0.3) is 65.7 Å². The summed E-state index contributed by atoms with van der Waals surface area (Å²) in [7, 11) is 11.0. The maximum atomic E-state index is 4.93. The van der Waals surface area contributed by atoms with Crippen molar-refractivity contribution in [2.75, 3.05) is 0 Å². The molecule has 350 valence electrons. The van der Waals surface area contributed by atoms with Crippen LogP contribution in [-0.4, -0.2) is 9.52 Å². The summed E-state index contributed by atoms with van der Waals surface area (Å²) >= 11 is -0.826. The first-order valence-electron chi connectivity index (χ1n) is 24.0. The van der Waals surface area contributed by atoms with Crippen molar-refractivity contribution in [2.24, 2.45) is 0 Å². The molecule has 0 unspecified atom stereocenters. The zero-order chi connectivity index (χ0) is 49.8. The zero-order valence-corrected chi connectivity index (χ0v) is 48.9.